The van der Waals surface area contributed by atoms with Crippen LogP contribution in [0, 0.1) is 13.8 Å². The Balaban J connectivity index is 1.73. The lowest BCUT2D eigenvalue weighted by molar-refractivity contribution is 0.158. The predicted molar refractivity (Wildman–Crippen MR) is 78.3 cm³/mol. The van der Waals surface area contributed by atoms with Gasteiger partial charge in [-0.2, -0.15) is 0 Å². The van der Waals surface area contributed by atoms with Gasteiger partial charge < -0.3 is 10.2 Å². The Kier molecular flexibility index (Phi) is 4.61. The lowest BCUT2D eigenvalue weighted by Gasteiger charge is -2.32. The Bertz CT molecular complexity index is 381. The molecule has 100 valence electrons. The predicted octanol–water partition coefficient (Wildman–Crippen LogP) is 1.96. The molecule has 1 N–H and O–H groups in total. The van der Waals surface area contributed by atoms with E-state index in [9.17, 15) is 0 Å². The van der Waals surface area contributed by atoms with Gasteiger partial charge in [-0.05, 0) is 44.2 Å². The minimum atomic E-state index is 1.03. The van der Waals surface area contributed by atoms with Crippen LogP contribution in [0.15, 0.2) is 18.2 Å². The number of piperazine rings is 1. The first kappa shape index (κ1) is 13.4. The summed E-state index contributed by atoms with van der Waals surface area (Å²) >= 11 is 0. The molecule has 0 aromatic heterocycles. The average Bonchev–Trinajstić information content (AvgIpc) is 2.36. The third kappa shape index (κ3) is 3.72. The van der Waals surface area contributed by atoms with Crippen LogP contribution in [-0.4, -0.2) is 56.1 Å². The van der Waals surface area contributed by atoms with Crippen LogP contribution in [0.2, 0.25) is 0 Å². The number of aryl methyl sites for hydroxylation is 2. The molecule has 1 aliphatic heterocycles. The molecule has 0 spiro atoms. The van der Waals surface area contributed by atoms with Gasteiger partial charge in [0.15, 0.2) is 0 Å². The first-order chi connectivity index (χ1) is 8.65. The van der Waals surface area contributed by atoms with Gasteiger partial charge in [0.25, 0.3) is 0 Å². The van der Waals surface area contributed by atoms with Crippen LogP contribution in [0.1, 0.15) is 11.1 Å². The van der Waals surface area contributed by atoms with E-state index in [1.807, 2.05) is 0 Å². The molecule has 3 heteroatoms. The molecule has 1 heterocycles. The maximum absolute atomic E-state index is 3.52. The van der Waals surface area contributed by atoms with Gasteiger partial charge >= 0.3 is 0 Å². The van der Waals surface area contributed by atoms with Gasteiger partial charge in [0.2, 0.25) is 0 Å². The number of anilines is 1. The molecule has 1 aromatic rings. The van der Waals surface area contributed by atoms with Crippen molar-refractivity contribution < 1.29 is 0 Å². The second-order valence-corrected chi connectivity index (χ2v) is 5.37. The molecule has 0 amide bonds. The Labute approximate surface area is 111 Å². The normalized spacial score (nSPS) is 17.9. The van der Waals surface area contributed by atoms with Gasteiger partial charge in [0.1, 0.15) is 0 Å². The molecule has 2 rings (SSSR count). The van der Waals surface area contributed by atoms with Crippen LogP contribution < -0.4 is 5.32 Å². The lowest BCUT2D eigenvalue weighted by atomic mass is 10.1. The number of hydrogen-bond donors (Lipinski definition) is 1. The van der Waals surface area contributed by atoms with E-state index in [4.69, 9.17) is 0 Å². The topological polar surface area (TPSA) is 18.5 Å². The largest absolute Gasteiger partial charge is 0.384 e. The van der Waals surface area contributed by atoms with Crippen molar-refractivity contribution in [1.29, 1.82) is 0 Å². The van der Waals surface area contributed by atoms with E-state index in [2.05, 4.69) is 54.2 Å². The summed E-state index contributed by atoms with van der Waals surface area (Å²) < 4.78 is 0. The molecule has 1 fully saturated rings. The quantitative estimate of drug-likeness (QED) is 0.877. The van der Waals surface area contributed by atoms with Gasteiger partial charge in [0.05, 0.1) is 0 Å². The van der Waals surface area contributed by atoms with Crippen molar-refractivity contribution in [1.82, 2.24) is 9.80 Å². The molecule has 0 aliphatic carbocycles. The molecule has 3 nitrogen and oxygen atoms in total. The highest BCUT2D eigenvalue weighted by molar-refractivity contribution is 5.48. The second kappa shape index (κ2) is 6.21. The molecular formula is C15H25N3. The number of hydrogen-bond acceptors (Lipinski definition) is 3. The lowest BCUT2D eigenvalue weighted by Crippen LogP contribution is -2.45. The summed E-state index contributed by atoms with van der Waals surface area (Å²) in [5, 5.41) is 3.52. The fourth-order valence-corrected chi connectivity index (χ4v) is 2.28. The fraction of sp³-hybridized carbons (Fsp3) is 0.600. The highest BCUT2D eigenvalue weighted by atomic mass is 15.2. The number of nitrogens with one attached hydrogen (secondary N) is 1. The smallest absolute Gasteiger partial charge is 0.0343 e. The maximum Gasteiger partial charge on any atom is 0.0343 e. The zero-order chi connectivity index (χ0) is 13.0. The zero-order valence-electron chi connectivity index (χ0n) is 11.9. The summed E-state index contributed by atoms with van der Waals surface area (Å²) in [5.41, 5.74) is 3.96. The number of benzene rings is 1. The molecule has 0 saturated carbocycles. The zero-order valence-corrected chi connectivity index (χ0v) is 11.9. The third-order valence-electron chi connectivity index (χ3n) is 3.86. The molecule has 18 heavy (non-hydrogen) atoms. The molecule has 1 aromatic carbocycles. The van der Waals surface area contributed by atoms with Gasteiger partial charge in [-0.3, -0.25) is 4.90 Å². The average molecular weight is 247 g/mol. The maximum atomic E-state index is 3.52. The van der Waals surface area contributed by atoms with Crippen LogP contribution in [-0.2, 0) is 0 Å². The Hall–Kier alpha value is -1.06. The van der Waals surface area contributed by atoms with Gasteiger partial charge in [-0.15, -0.1) is 0 Å². The molecule has 0 unspecified atom stereocenters. The van der Waals surface area contributed by atoms with Crippen LogP contribution in [0.25, 0.3) is 0 Å². The number of rotatable bonds is 4. The van der Waals surface area contributed by atoms with E-state index >= 15 is 0 Å². The molecule has 0 atom stereocenters. The van der Waals surface area contributed by atoms with Crippen molar-refractivity contribution in [2.75, 3.05) is 51.6 Å². The first-order valence-electron chi connectivity index (χ1n) is 6.87. The Morgan fingerprint density at radius 2 is 1.78 bits per heavy atom. The van der Waals surface area contributed by atoms with Crippen molar-refractivity contribution in [3.8, 4) is 0 Å². The summed E-state index contributed by atoms with van der Waals surface area (Å²) in [6.07, 6.45) is 0. The molecule has 0 bridgehead atoms. The van der Waals surface area contributed by atoms with Crippen molar-refractivity contribution in [3.63, 3.8) is 0 Å². The number of nitrogens with zero attached hydrogens (tertiary/aromatic N) is 2. The van der Waals surface area contributed by atoms with Crippen molar-refractivity contribution >= 4 is 5.69 Å². The van der Waals surface area contributed by atoms with E-state index in [0.717, 1.165) is 13.1 Å². The Morgan fingerprint density at radius 1 is 1.06 bits per heavy atom. The van der Waals surface area contributed by atoms with Crippen molar-refractivity contribution in [2.24, 2.45) is 0 Å². The summed E-state index contributed by atoms with van der Waals surface area (Å²) in [7, 11) is 2.20. The van der Waals surface area contributed by atoms with Gasteiger partial charge in [-0.25, -0.2) is 0 Å². The number of likely N-dealkylation sites (N-methyl/N-ethyl adjacent to an activating group) is 1. The minimum absolute atomic E-state index is 1.03. The van der Waals surface area contributed by atoms with Gasteiger partial charge in [0, 0.05) is 45.0 Å². The van der Waals surface area contributed by atoms with Crippen molar-refractivity contribution in [2.45, 2.75) is 13.8 Å². The summed E-state index contributed by atoms with van der Waals surface area (Å²) in [6, 6.07) is 6.60. The fourth-order valence-electron chi connectivity index (χ4n) is 2.28. The third-order valence-corrected chi connectivity index (χ3v) is 3.86. The van der Waals surface area contributed by atoms with E-state index in [0.29, 0.717) is 0 Å². The summed E-state index contributed by atoms with van der Waals surface area (Å²) in [6.45, 7) is 11.3. The van der Waals surface area contributed by atoms with Gasteiger partial charge in [-0.1, -0.05) is 6.07 Å². The second-order valence-electron chi connectivity index (χ2n) is 5.37. The van der Waals surface area contributed by atoms with Crippen LogP contribution in [0.4, 0.5) is 5.69 Å². The summed E-state index contributed by atoms with van der Waals surface area (Å²) in [5.74, 6) is 0. The van der Waals surface area contributed by atoms with E-state index < -0.39 is 0 Å². The molecule has 1 aliphatic rings. The standard InChI is InChI=1S/C15H25N3/c1-13-4-5-15(12-14(13)2)16-6-7-18-10-8-17(3)9-11-18/h4-5,12,16H,6-11H2,1-3H3. The van der Waals surface area contributed by atoms with Crippen molar-refractivity contribution in [3.05, 3.63) is 29.3 Å². The highest BCUT2D eigenvalue weighted by Gasteiger charge is 2.12. The van der Waals surface area contributed by atoms with E-state index in [-0.39, 0.29) is 0 Å². The van der Waals surface area contributed by atoms with E-state index in [1.165, 1.54) is 43.0 Å². The van der Waals surface area contributed by atoms with E-state index in [1.54, 1.807) is 0 Å². The van der Waals surface area contributed by atoms with Crippen LogP contribution in [0.3, 0.4) is 0 Å². The Morgan fingerprint density at radius 3 is 2.44 bits per heavy atom. The minimum Gasteiger partial charge on any atom is -0.384 e. The van der Waals surface area contributed by atoms with Crippen LogP contribution >= 0.6 is 0 Å². The van der Waals surface area contributed by atoms with Crippen LogP contribution in [0.5, 0.6) is 0 Å². The molecule has 0 radical (unpaired) electrons. The summed E-state index contributed by atoms with van der Waals surface area (Å²) in [4.78, 5) is 4.93. The molecular weight excluding hydrogens is 222 g/mol. The highest BCUT2D eigenvalue weighted by Crippen LogP contribution is 2.13. The molecule has 1 saturated heterocycles. The SMILES string of the molecule is Cc1ccc(NCCN2CCN(C)CC2)cc1C. The first-order valence-corrected chi connectivity index (χ1v) is 6.87. The monoisotopic (exact) mass is 247 g/mol.